The number of rotatable bonds is 5. The molecule has 0 atom stereocenters. The second-order valence-electron chi connectivity index (χ2n) is 8.33. The number of aliphatic hydroxyl groups is 1. The Hall–Kier alpha value is -3.14. The molecule has 0 radical (unpaired) electrons. The van der Waals surface area contributed by atoms with Gasteiger partial charge in [0, 0.05) is 13.1 Å². The first-order valence-electron chi connectivity index (χ1n) is 10.4. The van der Waals surface area contributed by atoms with Gasteiger partial charge in [-0.1, -0.05) is 12.1 Å². The number of nitrogens with one attached hydrogen (secondary N) is 1. The molecule has 1 aliphatic heterocycles. The Kier molecular flexibility index (Phi) is 5.81. The van der Waals surface area contributed by atoms with Crippen LogP contribution >= 0.6 is 0 Å². The minimum absolute atomic E-state index is 0.0937. The number of nitrogens with zero attached hydrogens (tertiary/aromatic N) is 1. The van der Waals surface area contributed by atoms with Gasteiger partial charge in [-0.15, -0.1) is 0 Å². The minimum Gasteiger partial charge on any atom is -0.495 e. The average Bonchev–Trinajstić information content (AvgIpc) is 3.50. The molecule has 1 heterocycles. The molecule has 0 spiro atoms. The summed E-state index contributed by atoms with van der Waals surface area (Å²) in [5.41, 5.74) is -0.595. The molecule has 2 N–H and O–H groups in total. The van der Waals surface area contributed by atoms with Gasteiger partial charge >= 0.3 is 6.18 Å². The molecule has 2 aromatic rings. The number of alkyl halides is 3. The van der Waals surface area contributed by atoms with Crippen LogP contribution in [-0.4, -0.2) is 41.1 Å². The smallest absolute Gasteiger partial charge is 0.419 e. The van der Waals surface area contributed by atoms with E-state index in [1.807, 2.05) is 0 Å². The van der Waals surface area contributed by atoms with Gasteiger partial charge in [-0.05, 0) is 54.2 Å². The lowest BCUT2D eigenvalue weighted by Gasteiger charge is -2.32. The van der Waals surface area contributed by atoms with Gasteiger partial charge in [0.25, 0.3) is 5.91 Å². The lowest BCUT2D eigenvalue weighted by Crippen LogP contribution is -2.43. The predicted molar refractivity (Wildman–Crippen MR) is 110 cm³/mol. The highest BCUT2D eigenvalue weighted by Crippen LogP contribution is 2.40. The number of hydrogen-bond acceptors (Lipinski definition) is 4. The second-order valence-corrected chi connectivity index (χ2v) is 8.33. The maximum Gasteiger partial charge on any atom is 0.419 e. The molecule has 176 valence electrons. The Balaban J connectivity index is 1.52. The lowest BCUT2D eigenvalue weighted by atomic mass is 9.96. The summed E-state index contributed by atoms with van der Waals surface area (Å²) in [6.07, 6.45) is -3.84. The van der Waals surface area contributed by atoms with Crippen LogP contribution < -0.4 is 10.1 Å². The van der Waals surface area contributed by atoms with Crippen LogP contribution in [0.25, 0.3) is 0 Å². The highest BCUT2D eigenvalue weighted by atomic mass is 19.4. The minimum atomic E-state index is -4.81. The number of anilines is 1. The van der Waals surface area contributed by atoms with Crippen molar-refractivity contribution >= 4 is 17.5 Å². The third kappa shape index (κ3) is 4.66. The number of carbonyl (C=O) groups is 2. The highest BCUT2D eigenvalue weighted by molar-refractivity contribution is 5.95. The number of ether oxygens (including phenoxy) is 1. The molecule has 10 heteroatoms. The van der Waals surface area contributed by atoms with Crippen LogP contribution in [-0.2, 0) is 35.2 Å². The molecule has 2 aromatic carbocycles. The summed E-state index contributed by atoms with van der Waals surface area (Å²) in [6.45, 7) is 0.627. The molecule has 2 aliphatic rings. The van der Waals surface area contributed by atoms with E-state index >= 15 is 0 Å². The van der Waals surface area contributed by atoms with Gasteiger partial charge in [0.2, 0.25) is 5.91 Å². The van der Waals surface area contributed by atoms with Crippen molar-refractivity contribution in [2.24, 2.45) is 0 Å². The number of methoxy groups -OCH3 is 1. The fourth-order valence-electron chi connectivity index (χ4n) is 4.01. The van der Waals surface area contributed by atoms with Gasteiger partial charge < -0.3 is 20.1 Å². The van der Waals surface area contributed by atoms with E-state index in [1.165, 1.54) is 7.11 Å². The number of fused-ring (bicyclic) bond motifs is 1. The largest absolute Gasteiger partial charge is 0.495 e. The normalized spacial score (nSPS) is 16.7. The van der Waals surface area contributed by atoms with Gasteiger partial charge in [0.1, 0.15) is 17.2 Å². The number of hydrogen-bond donors (Lipinski definition) is 2. The van der Waals surface area contributed by atoms with Crippen molar-refractivity contribution in [2.75, 3.05) is 19.0 Å². The molecule has 1 fully saturated rings. The van der Waals surface area contributed by atoms with E-state index in [4.69, 9.17) is 4.74 Å². The second kappa shape index (κ2) is 8.33. The first-order chi connectivity index (χ1) is 15.5. The number of carbonyl (C=O) groups excluding carboxylic acids is 2. The van der Waals surface area contributed by atoms with Gasteiger partial charge in [0.15, 0.2) is 0 Å². The van der Waals surface area contributed by atoms with Gasteiger partial charge in [-0.3, -0.25) is 9.59 Å². The Morgan fingerprint density at radius 3 is 2.55 bits per heavy atom. The monoisotopic (exact) mass is 466 g/mol. The van der Waals surface area contributed by atoms with Crippen molar-refractivity contribution in [3.63, 3.8) is 0 Å². The fraction of sp³-hybridized carbons (Fsp3) is 0.391. The van der Waals surface area contributed by atoms with Crippen molar-refractivity contribution in [2.45, 2.75) is 44.0 Å². The van der Waals surface area contributed by atoms with Crippen molar-refractivity contribution < 1.29 is 37.0 Å². The van der Waals surface area contributed by atoms with Crippen molar-refractivity contribution in [3.8, 4) is 5.75 Å². The number of benzene rings is 2. The Morgan fingerprint density at radius 1 is 1.21 bits per heavy atom. The highest BCUT2D eigenvalue weighted by Gasteiger charge is 2.50. The molecular weight excluding hydrogens is 444 g/mol. The van der Waals surface area contributed by atoms with E-state index in [1.54, 1.807) is 17.0 Å². The van der Waals surface area contributed by atoms with Crippen molar-refractivity contribution in [1.29, 1.82) is 0 Å². The van der Waals surface area contributed by atoms with Crippen LogP contribution in [0.2, 0.25) is 0 Å². The summed E-state index contributed by atoms with van der Waals surface area (Å²) in [4.78, 5) is 26.7. The standard InChI is InChI=1S/C23H22F4N2O4/c1-33-18-5-3-14-12-29(21(31)22(32)7-8-22)9-6-15(14)20(18)28-19(30)11-13-2-4-16(17(24)10-13)23(25,26)27/h2-5,10,32H,6-9,11-12H2,1H3,(H,28,30). The topological polar surface area (TPSA) is 78.9 Å². The molecule has 0 bridgehead atoms. The third-order valence-corrected chi connectivity index (χ3v) is 5.96. The summed E-state index contributed by atoms with van der Waals surface area (Å²) in [6, 6.07) is 5.81. The van der Waals surface area contributed by atoms with Crippen LogP contribution in [0.3, 0.4) is 0 Å². The average molecular weight is 466 g/mol. The summed E-state index contributed by atoms with van der Waals surface area (Å²) >= 11 is 0. The van der Waals surface area contributed by atoms with E-state index < -0.39 is 29.1 Å². The zero-order chi connectivity index (χ0) is 24.0. The molecular formula is C23H22F4N2O4. The quantitative estimate of drug-likeness (QED) is 0.662. The van der Waals surface area contributed by atoms with E-state index in [9.17, 15) is 32.3 Å². The first kappa shape index (κ1) is 23.0. The van der Waals surface area contributed by atoms with Crippen LogP contribution in [0.1, 0.15) is 35.1 Å². The number of halogens is 4. The fourth-order valence-corrected chi connectivity index (χ4v) is 4.01. The van der Waals surface area contributed by atoms with Crippen LogP contribution in [0.5, 0.6) is 5.75 Å². The van der Waals surface area contributed by atoms with Crippen LogP contribution in [0.15, 0.2) is 30.3 Å². The van der Waals surface area contributed by atoms with E-state index in [0.29, 0.717) is 49.4 Å². The Bertz CT molecular complexity index is 1110. The van der Waals surface area contributed by atoms with E-state index in [2.05, 4.69) is 5.32 Å². The maximum atomic E-state index is 13.8. The molecule has 33 heavy (non-hydrogen) atoms. The molecule has 0 unspecified atom stereocenters. The van der Waals surface area contributed by atoms with Gasteiger partial charge in [-0.2, -0.15) is 13.2 Å². The lowest BCUT2D eigenvalue weighted by molar-refractivity contribution is -0.143. The molecule has 0 aromatic heterocycles. The van der Waals surface area contributed by atoms with Crippen LogP contribution in [0.4, 0.5) is 23.2 Å². The molecule has 6 nitrogen and oxygen atoms in total. The molecule has 1 saturated carbocycles. The zero-order valence-corrected chi connectivity index (χ0v) is 17.8. The number of amides is 2. The zero-order valence-electron chi connectivity index (χ0n) is 17.8. The van der Waals surface area contributed by atoms with Crippen molar-refractivity contribution in [3.05, 3.63) is 58.4 Å². The van der Waals surface area contributed by atoms with Crippen LogP contribution in [0, 0.1) is 5.82 Å². The SMILES string of the molecule is COc1ccc2c(c1NC(=O)Cc1ccc(C(F)(F)F)c(F)c1)CCN(C(=O)C1(O)CC1)C2. The van der Waals surface area contributed by atoms with Gasteiger partial charge in [-0.25, -0.2) is 4.39 Å². The van der Waals surface area contributed by atoms with Gasteiger partial charge in [0.05, 0.1) is 24.8 Å². The molecule has 2 amide bonds. The molecule has 1 aliphatic carbocycles. The summed E-state index contributed by atoms with van der Waals surface area (Å²) < 4.78 is 57.4. The van der Waals surface area contributed by atoms with Crippen molar-refractivity contribution in [1.82, 2.24) is 4.90 Å². The first-order valence-corrected chi connectivity index (χ1v) is 10.4. The Labute approximate surface area is 187 Å². The Morgan fingerprint density at radius 2 is 1.94 bits per heavy atom. The third-order valence-electron chi connectivity index (χ3n) is 5.96. The maximum absolute atomic E-state index is 13.8. The van der Waals surface area contributed by atoms with E-state index in [-0.39, 0.29) is 24.4 Å². The molecule has 0 saturated heterocycles. The predicted octanol–water partition coefficient (Wildman–Crippen LogP) is 3.44. The summed E-state index contributed by atoms with van der Waals surface area (Å²) in [5.74, 6) is -1.91. The summed E-state index contributed by atoms with van der Waals surface area (Å²) in [7, 11) is 1.43. The molecule has 4 rings (SSSR count). The summed E-state index contributed by atoms with van der Waals surface area (Å²) in [5, 5.41) is 12.8. The van der Waals surface area contributed by atoms with E-state index in [0.717, 1.165) is 17.2 Å².